The number of likely N-dealkylation sites (tertiary alicyclic amines) is 1. The maximum Gasteiger partial charge on any atom is 0.217 e. The van der Waals surface area contributed by atoms with Crippen molar-refractivity contribution >= 4 is 0 Å². The average Bonchev–Trinajstić information content (AvgIpc) is 2.70. The van der Waals surface area contributed by atoms with Crippen LogP contribution in [0.4, 0.5) is 4.39 Å². The number of ether oxygens (including phenoxy) is 1. The van der Waals surface area contributed by atoms with Gasteiger partial charge in [-0.15, -0.1) is 0 Å². The lowest BCUT2D eigenvalue weighted by atomic mass is 10.2. The van der Waals surface area contributed by atoms with Gasteiger partial charge in [-0.1, -0.05) is 6.07 Å². The fourth-order valence-electron chi connectivity index (χ4n) is 2.25. The van der Waals surface area contributed by atoms with E-state index >= 15 is 0 Å². The van der Waals surface area contributed by atoms with Crippen molar-refractivity contribution in [1.82, 2.24) is 9.88 Å². The molecular formula is C12H17FN2O2. The van der Waals surface area contributed by atoms with Crippen molar-refractivity contribution in [2.75, 3.05) is 20.3 Å². The molecule has 1 aliphatic heterocycles. The van der Waals surface area contributed by atoms with Gasteiger partial charge in [-0.3, -0.25) is 4.90 Å². The van der Waals surface area contributed by atoms with Crippen molar-refractivity contribution in [1.29, 1.82) is 0 Å². The van der Waals surface area contributed by atoms with E-state index in [1.54, 1.807) is 13.3 Å². The third-order valence-electron chi connectivity index (χ3n) is 3.10. The topological polar surface area (TPSA) is 45.6 Å². The van der Waals surface area contributed by atoms with Crippen LogP contribution in [0.3, 0.4) is 0 Å². The molecule has 94 valence electrons. The van der Waals surface area contributed by atoms with Gasteiger partial charge in [0, 0.05) is 30.9 Å². The summed E-state index contributed by atoms with van der Waals surface area (Å²) >= 11 is 0. The zero-order valence-electron chi connectivity index (χ0n) is 9.84. The lowest BCUT2D eigenvalue weighted by Gasteiger charge is -2.22. The van der Waals surface area contributed by atoms with Crippen LogP contribution in [0.1, 0.15) is 12.0 Å². The quantitative estimate of drug-likeness (QED) is 0.852. The largest absolute Gasteiger partial charge is 0.481 e. The Morgan fingerprint density at radius 3 is 3.18 bits per heavy atom. The van der Waals surface area contributed by atoms with Crippen molar-refractivity contribution in [3.63, 3.8) is 0 Å². The number of alkyl halides is 1. The highest BCUT2D eigenvalue weighted by Crippen LogP contribution is 2.24. The van der Waals surface area contributed by atoms with Gasteiger partial charge in [0.25, 0.3) is 0 Å². The number of nitrogens with zero attached hydrogens (tertiary/aromatic N) is 2. The molecule has 2 rings (SSSR count). The van der Waals surface area contributed by atoms with Gasteiger partial charge in [0.1, 0.15) is 6.17 Å². The number of methoxy groups -OCH3 is 1. The number of rotatable bonds is 4. The molecule has 0 aliphatic carbocycles. The number of pyridine rings is 1. The van der Waals surface area contributed by atoms with Crippen molar-refractivity contribution in [3.8, 4) is 5.88 Å². The number of hydrogen-bond donors (Lipinski definition) is 1. The highest BCUT2D eigenvalue weighted by Gasteiger charge is 2.31. The summed E-state index contributed by atoms with van der Waals surface area (Å²) in [6, 6.07) is 3.63. The zero-order chi connectivity index (χ0) is 12.3. The van der Waals surface area contributed by atoms with Gasteiger partial charge in [0.2, 0.25) is 5.88 Å². The van der Waals surface area contributed by atoms with E-state index in [1.807, 2.05) is 17.0 Å². The summed E-state index contributed by atoms with van der Waals surface area (Å²) in [7, 11) is 1.57. The van der Waals surface area contributed by atoms with E-state index in [4.69, 9.17) is 4.74 Å². The molecule has 5 heteroatoms. The maximum absolute atomic E-state index is 13.3. The maximum atomic E-state index is 13.3. The van der Waals surface area contributed by atoms with Crippen LogP contribution in [0, 0.1) is 0 Å². The summed E-state index contributed by atoms with van der Waals surface area (Å²) in [5, 5.41) is 9.20. The van der Waals surface area contributed by atoms with Gasteiger partial charge >= 0.3 is 0 Å². The Morgan fingerprint density at radius 1 is 1.65 bits per heavy atom. The molecule has 2 atom stereocenters. The molecule has 1 aromatic heterocycles. The summed E-state index contributed by atoms with van der Waals surface area (Å²) in [6.07, 6.45) is 1.21. The summed E-state index contributed by atoms with van der Waals surface area (Å²) < 4.78 is 18.5. The molecule has 1 N–H and O–H groups in total. The molecule has 0 radical (unpaired) electrons. The molecule has 1 aliphatic rings. The highest BCUT2D eigenvalue weighted by atomic mass is 19.1. The Morgan fingerprint density at radius 2 is 2.47 bits per heavy atom. The minimum atomic E-state index is -0.852. The minimum Gasteiger partial charge on any atom is -0.481 e. The Bertz CT molecular complexity index is 375. The van der Waals surface area contributed by atoms with Crippen LogP contribution in [-0.4, -0.2) is 47.5 Å². The van der Waals surface area contributed by atoms with Gasteiger partial charge in [-0.2, -0.15) is 0 Å². The number of aromatic nitrogens is 1. The Hall–Kier alpha value is -1.20. The molecule has 1 aromatic rings. The molecule has 0 bridgehead atoms. The molecular weight excluding hydrogens is 223 g/mol. The average molecular weight is 240 g/mol. The van der Waals surface area contributed by atoms with Crippen molar-refractivity contribution in [2.45, 2.75) is 25.2 Å². The van der Waals surface area contributed by atoms with Crippen molar-refractivity contribution < 1.29 is 14.2 Å². The van der Waals surface area contributed by atoms with Crippen LogP contribution in [0.25, 0.3) is 0 Å². The molecule has 4 nitrogen and oxygen atoms in total. The van der Waals surface area contributed by atoms with Gasteiger partial charge < -0.3 is 9.84 Å². The fourth-order valence-corrected chi connectivity index (χ4v) is 2.25. The van der Waals surface area contributed by atoms with Crippen LogP contribution in [0.15, 0.2) is 18.3 Å². The normalized spacial score (nSPS) is 25.1. The standard InChI is InChI=1S/C12H17FN2O2/c1-17-12-9(3-2-4-14-12)6-15-7-10(13)5-11(15)8-16/h2-4,10-11,16H,5-8H2,1H3/t10-,11-/m0/s1. The highest BCUT2D eigenvalue weighted by molar-refractivity contribution is 5.25. The van der Waals surface area contributed by atoms with E-state index < -0.39 is 6.17 Å². The van der Waals surface area contributed by atoms with E-state index in [0.29, 0.717) is 25.4 Å². The lowest BCUT2D eigenvalue weighted by molar-refractivity contribution is 0.152. The second-order valence-corrected chi connectivity index (χ2v) is 4.27. The molecule has 0 saturated carbocycles. The Balaban J connectivity index is 2.09. The SMILES string of the molecule is COc1ncccc1CN1C[C@@H](F)C[C@H]1CO. The van der Waals surface area contributed by atoms with Crippen molar-refractivity contribution in [2.24, 2.45) is 0 Å². The summed E-state index contributed by atoms with van der Waals surface area (Å²) in [5.41, 5.74) is 0.919. The van der Waals surface area contributed by atoms with Gasteiger partial charge in [-0.05, 0) is 12.5 Å². The van der Waals surface area contributed by atoms with E-state index in [0.717, 1.165) is 5.56 Å². The minimum absolute atomic E-state index is 0.0109. The van der Waals surface area contributed by atoms with Gasteiger partial charge in [-0.25, -0.2) is 9.37 Å². The fraction of sp³-hybridized carbons (Fsp3) is 0.583. The number of hydrogen-bond acceptors (Lipinski definition) is 4. The van der Waals surface area contributed by atoms with Crippen molar-refractivity contribution in [3.05, 3.63) is 23.9 Å². The van der Waals surface area contributed by atoms with Crippen LogP contribution in [0.5, 0.6) is 5.88 Å². The monoisotopic (exact) mass is 240 g/mol. The first kappa shape index (κ1) is 12.3. The molecule has 0 aromatic carbocycles. The first-order valence-corrected chi connectivity index (χ1v) is 5.71. The van der Waals surface area contributed by atoms with Crippen LogP contribution in [-0.2, 0) is 6.54 Å². The van der Waals surface area contributed by atoms with Gasteiger partial charge in [0.05, 0.1) is 13.7 Å². The summed E-state index contributed by atoms with van der Waals surface area (Å²) in [5.74, 6) is 0.562. The second kappa shape index (κ2) is 5.42. The zero-order valence-corrected chi connectivity index (χ0v) is 9.84. The number of aliphatic hydroxyl groups excluding tert-OH is 1. The molecule has 0 amide bonds. The first-order valence-electron chi connectivity index (χ1n) is 5.71. The van der Waals surface area contributed by atoms with E-state index in [2.05, 4.69) is 4.98 Å². The van der Waals surface area contributed by atoms with E-state index in [9.17, 15) is 9.50 Å². The molecule has 2 heterocycles. The Kier molecular flexibility index (Phi) is 3.91. The molecule has 17 heavy (non-hydrogen) atoms. The van der Waals surface area contributed by atoms with E-state index in [-0.39, 0.29) is 12.6 Å². The third-order valence-corrected chi connectivity index (χ3v) is 3.10. The molecule has 0 spiro atoms. The predicted molar refractivity (Wildman–Crippen MR) is 61.6 cm³/mol. The summed E-state index contributed by atoms with van der Waals surface area (Å²) in [4.78, 5) is 6.04. The second-order valence-electron chi connectivity index (χ2n) is 4.27. The molecule has 0 unspecified atom stereocenters. The Labute approximate surface area is 100 Å². The number of aliphatic hydroxyl groups is 1. The van der Waals surface area contributed by atoms with Gasteiger partial charge in [0.15, 0.2) is 0 Å². The predicted octanol–water partition coefficient (Wildman–Crippen LogP) is 0.995. The van der Waals surface area contributed by atoms with Crippen LogP contribution >= 0.6 is 0 Å². The summed E-state index contributed by atoms with van der Waals surface area (Å²) in [6.45, 7) is 0.912. The van der Waals surface area contributed by atoms with Crippen LogP contribution < -0.4 is 4.74 Å². The smallest absolute Gasteiger partial charge is 0.217 e. The molecule has 1 saturated heterocycles. The van der Waals surface area contributed by atoms with Crippen LogP contribution in [0.2, 0.25) is 0 Å². The first-order chi connectivity index (χ1) is 8.24. The third kappa shape index (κ3) is 2.73. The lowest BCUT2D eigenvalue weighted by Crippen LogP contribution is -2.32. The number of halogens is 1. The van der Waals surface area contributed by atoms with E-state index in [1.165, 1.54) is 0 Å². The molecule has 1 fully saturated rings.